The summed E-state index contributed by atoms with van der Waals surface area (Å²) >= 11 is 0. The van der Waals surface area contributed by atoms with E-state index in [1.54, 1.807) is 30.5 Å². The van der Waals surface area contributed by atoms with Crippen molar-refractivity contribution in [3.05, 3.63) is 53.1 Å². The summed E-state index contributed by atoms with van der Waals surface area (Å²) < 4.78 is 11.4. The number of allylic oxidation sites excluding steroid dienone is 4. The van der Waals surface area contributed by atoms with Gasteiger partial charge in [-0.1, -0.05) is 76.0 Å². The average Bonchev–Trinajstić information content (AvgIpc) is 2.85. The fourth-order valence-electron chi connectivity index (χ4n) is 3.58. The summed E-state index contributed by atoms with van der Waals surface area (Å²) in [7, 11) is 0. The van der Waals surface area contributed by atoms with Crippen molar-refractivity contribution in [2.75, 3.05) is 6.61 Å². The highest BCUT2D eigenvalue weighted by Crippen LogP contribution is 2.22. The van der Waals surface area contributed by atoms with Crippen LogP contribution in [-0.2, 0) is 9.53 Å². The highest BCUT2D eigenvalue weighted by Gasteiger charge is 2.19. The van der Waals surface area contributed by atoms with Crippen LogP contribution in [-0.4, -0.2) is 30.8 Å². The molecule has 0 aliphatic heterocycles. The van der Waals surface area contributed by atoms with E-state index in [0.717, 1.165) is 51.4 Å². The van der Waals surface area contributed by atoms with E-state index < -0.39 is 11.9 Å². The average molecular weight is 513 g/mol. The molecule has 1 amide bonds. The maximum absolute atomic E-state index is 12.8. The maximum atomic E-state index is 12.8. The number of esters is 1. The third-order valence-electron chi connectivity index (χ3n) is 6.00. The molecule has 0 heterocycles. The third-order valence-corrected chi connectivity index (χ3v) is 6.00. The van der Waals surface area contributed by atoms with Gasteiger partial charge in [-0.05, 0) is 71.4 Å². The molecular weight excluding hydrogens is 464 g/mol. The molecule has 0 radical (unpaired) electrons. The number of nitrogens with one attached hydrogen (secondary N) is 1. The smallest absolute Gasteiger partial charge is 0.342 e. The first kappa shape index (κ1) is 32.1. The highest BCUT2D eigenvalue weighted by molar-refractivity contribution is 5.92. The molecule has 206 valence electrons. The second kappa shape index (κ2) is 17.5. The number of nitrogens with zero attached hydrogens (tertiary/aromatic N) is 1. The van der Waals surface area contributed by atoms with E-state index in [0.29, 0.717) is 11.3 Å². The van der Waals surface area contributed by atoms with Crippen LogP contribution >= 0.6 is 0 Å². The van der Waals surface area contributed by atoms with Crippen molar-refractivity contribution < 1.29 is 19.1 Å². The maximum Gasteiger partial charge on any atom is 0.342 e. The van der Waals surface area contributed by atoms with Crippen LogP contribution in [0.2, 0.25) is 0 Å². The van der Waals surface area contributed by atoms with Gasteiger partial charge in [0.05, 0.1) is 0 Å². The summed E-state index contributed by atoms with van der Waals surface area (Å²) in [5.41, 5.74) is 5.33. The summed E-state index contributed by atoms with van der Waals surface area (Å²) in [6, 6.07) is 6.84. The van der Waals surface area contributed by atoms with Crippen LogP contribution in [0.4, 0.5) is 0 Å². The van der Waals surface area contributed by atoms with Crippen molar-refractivity contribution in [1.29, 1.82) is 0 Å². The van der Waals surface area contributed by atoms with E-state index in [2.05, 4.69) is 64.2 Å². The van der Waals surface area contributed by atoms with Gasteiger partial charge >= 0.3 is 5.97 Å². The largest absolute Gasteiger partial charge is 0.483 e. The quantitative estimate of drug-likeness (QED) is 0.0759. The Kier molecular flexibility index (Phi) is 15.2. The van der Waals surface area contributed by atoms with Crippen molar-refractivity contribution >= 4 is 18.1 Å². The van der Waals surface area contributed by atoms with Gasteiger partial charge in [0.15, 0.2) is 6.61 Å². The zero-order chi connectivity index (χ0) is 27.7. The van der Waals surface area contributed by atoms with Crippen molar-refractivity contribution in [3.63, 3.8) is 0 Å². The van der Waals surface area contributed by atoms with Gasteiger partial charge in [-0.3, -0.25) is 4.79 Å². The number of carbonyl (C=O) groups is 2. The Morgan fingerprint density at radius 1 is 1.08 bits per heavy atom. The molecule has 1 aromatic rings. The molecule has 0 aliphatic carbocycles. The molecule has 37 heavy (non-hydrogen) atoms. The molecule has 1 N–H and O–H groups in total. The third kappa shape index (κ3) is 14.4. The predicted octanol–water partition coefficient (Wildman–Crippen LogP) is 7.79. The predicted molar refractivity (Wildman–Crippen MR) is 153 cm³/mol. The van der Waals surface area contributed by atoms with Gasteiger partial charge < -0.3 is 9.47 Å². The highest BCUT2D eigenvalue weighted by atomic mass is 16.5. The first-order valence-electron chi connectivity index (χ1n) is 13.6. The molecule has 0 aromatic heterocycles. The van der Waals surface area contributed by atoms with Gasteiger partial charge in [-0.15, -0.1) is 0 Å². The molecule has 0 saturated heterocycles. The number of hydrogen-bond donors (Lipinski definition) is 1. The summed E-state index contributed by atoms with van der Waals surface area (Å²) in [6.45, 7) is 14.4. The molecule has 0 saturated carbocycles. The van der Waals surface area contributed by atoms with E-state index >= 15 is 0 Å². The van der Waals surface area contributed by atoms with Gasteiger partial charge in [-0.25, -0.2) is 10.2 Å². The van der Waals surface area contributed by atoms with Crippen LogP contribution in [0, 0.1) is 5.41 Å². The number of para-hydroxylation sites is 1. The molecule has 1 atom stereocenters. The summed E-state index contributed by atoms with van der Waals surface area (Å²) in [5.74, 6) is -0.498. The summed E-state index contributed by atoms with van der Waals surface area (Å²) in [4.78, 5) is 25.1. The lowest BCUT2D eigenvalue weighted by Gasteiger charge is -2.18. The number of amides is 1. The minimum atomic E-state index is -0.427. The molecular formula is C31H48N2O4. The SMILES string of the molecule is CCCCCC(CC)OC(=O)c1ccccc1OCC(=O)NN=CC(C)(C)CC=C(C)CCC=C(C)C. The number of hydrazone groups is 1. The van der Waals surface area contributed by atoms with Crippen LogP contribution < -0.4 is 10.2 Å². The lowest BCUT2D eigenvalue weighted by molar-refractivity contribution is -0.123. The standard InChI is InChI=1S/C31H48N2O4/c1-8-10-11-17-26(9-2)37-30(35)27-18-12-13-19-28(27)36-22-29(34)33-32-23-31(6,7)21-20-25(5)16-14-15-24(3)4/h12-13,15,18-20,23,26H,8-11,14,16-17,21-22H2,1-7H3,(H,33,34). The van der Waals surface area contributed by atoms with Gasteiger partial charge in [-0.2, -0.15) is 5.10 Å². The minimum Gasteiger partial charge on any atom is -0.483 e. The number of carbonyl (C=O) groups excluding carboxylic acids is 2. The number of unbranched alkanes of at least 4 members (excludes halogenated alkanes) is 2. The Morgan fingerprint density at radius 2 is 1.81 bits per heavy atom. The number of ether oxygens (including phenoxy) is 2. The van der Waals surface area contributed by atoms with Crippen LogP contribution in [0.25, 0.3) is 0 Å². The Hall–Kier alpha value is -2.89. The molecule has 1 aromatic carbocycles. The van der Waals surface area contributed by atoms with Crippen LogP contribution in [0.5, 0.6) is 5.75 Å². The second-order valence-electron chi connectivity index (χ2n) is 10.6. The number of benzene rings is 1. The van der Waals surface area contributed by atoms with Gasteiger partial charge in [0, 0.05) is 11.6 Å². The summed E-state index contributed by atoms with van der Waals surface area (Å²) in [5, 5.41) is 4.13. The molecule has 0 bridgehead atoms. The Labute approximate surface area is 224 Å². The number of hydrogen-bond acceptors (Lipinski definition) is 5. The van der Waals surface area contributed by atoms with E-state index in [1.807, 2.05) is 6.92 Å². The lowest BCUT2D eigenvalue weighted by atomic mass is 9.89. The van der Waals surface area contributed by atoms with Crippen LogP contribution in [0.1, 0.15) is 110 Å². The molecule has 6 heteroatoms. The minimum absolute atomic E-state index is 0.121. The molecule has 0 spiro atoms. The Balaban J connectivity index is 2.59. The zero-order valence-corrected chi connectivity index (χ0v) is 24.1. The molecule has 0 fully saturated rings. The fraction of sp³-hybridized carbons (Fsp3) is 0.581. The van der Waals surface area contributed by atoms with Crippen LogP contribution in [0.15, 0.2) is 52.7 Å². The van der Waals surface area contributed by atoms with E-state index in [9.17, 15) is 9.59 Å². The van der Waals surface area contributed by atoms with Crippen molar-refractivity contribution in [1.82, 2.24) is 5.43 Å². The lowest BCUT2D eigenvalue weighted by Crippen LogP contribution is -2.26. The van der Waals surface area contributed by atoms with Crippen molar-refractivity contribution in [2.45, 2.75) is 106 Å². The fourth-order valence-corrected chi connectivity index (χ4v) is 3.58. The Morgan fingerprint density at radius 3 is 2.49 bits per heavy atom. The van der Waals surface area contributed by atoms with Gasteiger partial charge in [0.25, 0.3) is 5.91 Å². The Bertz CT molecular complexity index is 927. The number of rotatable bonds is 17. The normalized spacial score (nSPS) is 12.8. The van der Waals surface area contributed by atoms with Gasteiger partial charge in [0.2, 0.25) is 0 Å². The van der Waals surface area contributed by atoms with Crippen molar-refractivity contribution in [2.24, 2.45) is 10.5 Å². The molecule has 1 unspecified atom stereocenters. The summed E-state index contributed by atoms with van der Waals surface area (Å²) in [6.07, 6.45) is 13.9. The van der Waals surface area contributed by atoms with Crippen LogP contribution in [0.3, 0.4) is 0 Å². The molecule has 0 aliphatic rings. The van der Waals surface area contributed by atoms with Gasteiger partial charge in [0.1, 0.15) is 17.4 Å². The topological polar surface area (TPSA) is 77.0 Å². The van der Waals surface area contributed by atoms with E-state index in [-0.39, 0.29) is 18.1 Å². The second-order valence-corrected chi connectivity index (χ2v) is 10.6. The zero-order valence-electron chi connectivity index (χ0n) is 24.1. The first-order valence-corrected chi connectivity index (χ1v) is 13.6. The van der Waals surface area contributed by atoms with E-state index in [1.165, 1.54) is 11.1 Å². The van der Waals surface area contributed by atoms with E-state index in [4.69, 9.17) is 9.47 Å². The molecule has 6 nitrogen and oxygen atoms in total. The monoisotopic (exact) mass is 512 g/mol. The molecule has 1 rings (SSSR count). The van der Waals surface area contributed by atoms with Crippen molar-refractivity contribution in [3.8, 4) is 5.75 Å². The first-order chi connectivity index (χ1) is 17.6.